The molecule has 0 saturated carbocycles. The highest BCUT2D eigenvalue weighted by Crippen LogP contribution is 2.30. The summed E-state index contributed by atoms with van der Waals surface area (Å²) in [6, 6.07) is 6.66. The molecule has 6 heteroatoms. The molecule has 24 heavy (non-hydrogen) atoms. The molecule has 2 heterocycles. The SMILES string of the molecule is Cc1c(C(F)F)cccc1[C@@H](C)Nc1nnc(C)c2cnccc12. The van der Waals surface area contributed by atoms with Crippen LogP contribution in [-0.2, 0) is 0 Å². The third-order valence-electron chi connectivity index (χ3n) is 4.24. The van der Waals surface area contributed by atoms with Gasteiger partial charge in [0.1, 0.15) is 0 Å². The summed E-state index contributed by atoms with van der Waals surface area (Å²) < 4.78 is 26.2. The molecular weight excluding hydrogens is 310 g/mol. The van der Waals surface area contributed by atoms with Crippen molar-refractivity contribution in [1.82, 2.24) is 15.2 Å². The lowest BCUT2D eigenvalue weighted by atomic mass is 9.97. The number of pyridine rings is 1. The molecule has 0 saturated heterocycles. The van der Waals surface area contributed by atoms with E-state index in [4.69, 9.17) is 0 Å². The van der Waals surface area contributed by atoms with E-state index in [1.54, 1.807) is 25.4 Å². The van der Waals surface area contributed by atoms with Crippen LogP contribution in [0.15, 0.2) is 36.7 Å². The first-order chi connectivity index (χ1) is 11.5. The van der Waals surface area contributed by atoms with Gasteiger partial charge in [-0.1, -0.05) is 18.2 Å². The van der Waals surface area contributed by atoms with E-state index in [1.807, 2.05) is 26.0 Å². The lowest BCUT2D eigenvalue weighted by molar-refractivity contribution is 0.150. The predicted molar refractivity (Wildman–Crippen MR) is 90.2 cm³/mol. The minimum Gasteiger partial charge on any atom is -0.362 e. The monoisotopic (exact) mass is 328 g/mol. The maximum Gasteiger partial charge on any atom is 0.264 e. The first-order valence-electron chi connectivity index (χ1n) is 7.70. The zero-order chi connectivity index (χ0) is 17.3. The summed E-state index contributed by atoms with van der Waals surface area (Å²) in [5.41, 5.74) is 2.27. The largest absolute Gasteiger partial charge is 0.362 e. The number of aryl methyl sites for hydroxylation is 1. The Morgan fingerprint density at radius 3 is 2.50 bits per heavy atom. The van der Waals surface area contributed by atoms with Crippen LogP contribution in [0.25, 0.3) is 10.8 Å². The minimum atomic E-state index is -2.48. The minimum absolute atomic E-state index is 0.0604. The van der Waals surface area contributed by atoms with Gasteiger partial charge in [0.2, 0.25) is 0 Å². The first kappa shape index (κ1) is 16.2. The van der Waals surface area contributed by atoms with Crippen LogP contribution in [-0.4, -0.2) is 15.2 Å². The van der Waals surface area contributed by atoms with Crippen molar-refractivity contribution in [2.45, 2.75) is 33.2 Å². The van der Waals surface area contributed by atoms with Gasteiger partial charge in [-0.3, -0.25) is 4.98 Å². The summed E-state index contributed by atoms with van der Waals surface area (Å²) in [6.45, 7) is 5.52. The van der Waals surface area contributed by atoms with E-state index in [2.05, 4.69) is 20.5 Å². The average Bonchev–Trinajstić information content (AvgIpc) is 2.57. The highest BCUT2D eigenvalue weighted by atomic mass is 19.3. The third-order valence-corrected chi connectivity index (χ3v) is 4.24. The van der Waals surface area contributed by atoms with Crippen LogP contribution in [0, 0.1) is 13.8 Å². The van der Waals surface area contributed by atoms with Crippen LogP contribution < -0.4 is 5.32 Å². The quantitative estimate of drug-likeness (QED) is 0.751. The molecule has 0 unspecified atom stereocenters. The molecule has 1 N–H and O–H groups in total. The molecule has 0 aliphatic rings. The molecule has 0 aliphatic heterocycles. The zero-order valence-electron chi connectivity index (χ0n) is 13.7. The fourth-order valence-corrected chi connectivity index (χ4v) is 2.89. The Kier molecular flexibility index (Phi) is 4.38. The second kappa shape index (κ2) is 6.47. The molecule has 0 fully saturated rings. The molecule has 0 bridgehead atoms. The van der Waals surface area contributed by atoms with Crippen LogP contribution in [0.1, 0.15) is 41.8 Å². The number of nitrogens with one attached hydrogen (secondary N) is 1. The van der Waals surface area contributed by atoms with Gasteiger partial charge in [0, 0.05) is 28.7 Å². The Balaban J connectivity index is 1.98. The second-order valence-corrected chi connectivity index (χ2v) is 5.78. The zero-order valence-corrected chi connectivity index (χ0v) is 13.7. The molecule has 1 aromatic carbocycles. The standard InChI is InChI=1S/C18H18F2N4/c1-10-13(5-4-6-14(10)17(19)20)11(2)22-18-15-7-8-21-9-16(15)12(3)23-24-18/h4-9,11,17H,1-3H3,(H,22,24)/t11-/m1/s1. The molecule has 3 rings (SSSR count). The van der Waals surface area contributed by atoms with Gasteiger partial charge in [0.05, 0.1) is 11.7 Å². The Bertz CT molecular complexity index is 880. The van der Waals surface area contributed by atoms with E-state index in [0.717, 1.165) is 22.0 Å². The summed E-state index contributed by atoms with van der Waals surface area (Å²) in [4.78, 5) is 4.12. The molecule has 0 amide bonds. The fraction of sp³-hybridized carbons (Fsp3) is 0.278. The van der Waals surface area contributed by atoms with Crippen LogP contribution >= 0.6 is 0 Å². The molecule has 2 aromatic heterocycles. The number of hydrogen-bond donors (Lipinski definition) is 1. The van der Waals surface area contributed by atoms with Crippen molar-refractivity contribution >= 4 is 16.6 Å². The summed E-state index contributed by atoms with van der Waals surface area (Å²) in [6.07, 6.45) is 0.961. The lowest BCUT2D eigenvalue weighted by Gasteiger charge is -2.20. The van der Waals surface area contributed by atoms with Crippen molar-refractivity contribution in [2.75, 3.05) is 5.32 Å². The number of fused-ring (bicyclic) bond motifs is 1. The molecule has 0 aliphatic carbocycles. The highest BCUT2D eigenvalue weighted by molar-refractivity contribution is 5.92. The number of nitrogens with zero attached hydrogens (tertiary/aromatic N) is 3. The number of benzene rings is 1. The van der Waals surface area contributed by atoms with Gasteiger partial charge in [0.25, 0.3) is 6.43 Å². The fourth-order valence-electron chi connectivity index (χ4n) is 2.89. The number of hydrogen-bond acceptors (Lipinski definition) is 4. The number of alkyl halides is 2. The molecule has 0 spiro atoms. The Labute approximate surface area is 139 Å². The molecule has 4 nitrogen and oxygen atoms in total. The molecule has 124 valence electrons. The third kappa shape index (κ3) is 2.91. The van der Waals surface area contributed by atoms with Gasteiger partial charge < -0.3 is 5.32 Å². The van der Waals surface area contributed by atoms with Crippen molar-refractivity contribution in [3.63, 3.8) is 0 Å². The van der Waals surface area contributed by atoms with Crippen molar-refractivity contribution in [3.05, 3.63) is 59.0 Å². The number of aromatic nitrogens is 3. The topological polar surface area (TPSA) is 50.7 Å². The van der Waals surface area contributed by atoms with Gasteiger partial charge in [-0.05, 0) is 38.0 Å². The van der Waals surface area contributed by atoms with Crippen molar-refractivity contribution in [3.8, 4) is 0 Å². The van der Waals surface area contributed by atoms with Gasteiger partial charge in [-0.25, -0.2) is 8.78 Å². The number of anilines is 1. The van der Waals surface area contributed by atoms with Crippen LogP contribution in [0.2, 0.25) is 0 Å². The number of rotatable bonds is 4. The summed E-state index contributed by atoms with van der Waals surface area (Å²) in [7, 11) is 0. The Morgan fingerprint density at radius 2 is 1.75 bits per heavy atom. The van der Waals surface area contributed by atoms with Crippen LogP contribution in [0.5, 0.6) is 0 Å². The van der Waals surface area contributed by atoms with Gasteiger partial charge in [-0.2, -0.15) is 5.10 Å². The van der Waals surface area contributed by atoms with E-state index in [1.165, 1.54) is 6.07 Å². The maximum absolute atomic E-state index is 13.1. The first-order valence-corrected chi connectivity index (χ1v) is 7.70. The second-order valence-electron chi connectivity index (χ2n) is 5.78. The Hall–Kier alpha value is -2.63. The lowest BCUT2D eigenvalue weighted by Crippen LogP contribution is -2.12. The average molecular weight is 328 g/mol. The highest BCUT2D eigenvalue weighted by Gasteiger charge is 2.17. The maximum atomic E-state index is 13.1. The summed E-state index contributed by atoms with van der Waals surface area (Å²) in [5.74, 6) is 0.618. The van der Waals surface area contributed by atoms with E-state index < -0.39 is 6.43 Å². The molecule has 0 radical (unpaired) electrons. The molecule has 3 aromatic rings. The van der Waals surface area contributed by atoms with E-state index in [9.17, 15) is 8.78 Å². The van der Waals surface area contributed by atoms with Crippen molar-refractivity contribution in [1.29, 1.82) is 0 Å². The van der Waals surface area contributed by atoms with Gasteiger partial charge in [0.15, 0.2) is 5.82 Å². The predicted octanol–water partition coefficient (Wildman–Crippen LogP) is 4.75. The van der Waals surface area contributed by atoms with Crippen LogP contribution in [0.4, 0.5) is 14.6 Å². The number of halogens is 2. The molecule has 1 atom stereocenters. The molecular formula is C18H18F2N4. The van der Waals surface area contributed by atoms with Crippen molar-refractivity contribution in [2.24, 2.45) is 0 Å². The van der Waals surface area contributed by atoms with E-state index in [-0.39, 0.29) is 11.6 Å². The van der Waals surface area contributed by atoms with Crippen LogP contribution in [0.3, 0.4) is 0 Å². The van der Waals surface area contributed by atoms with Gasteiger partial charge in [-0.15, -0.1) is 5.10 Å². The van der Waals surface area contributed by atoms with E-state index >= 15 is 0 Å². The normalized spacial score (nSPS) is 12.6. The Morgan fingerprint density at radius 1 is 1.00 bits per heavy atom. The summed E-state index contributed by atoms with van der Waals surface area (Å²) >= 11 is 0. The smallest absolute Gasteiger partial charge is 0.264 e. The summed E-state index contributed by atoms with van der Waals surface area (Å²) in [5, 5.41) is 13.5. The van der Waals surface area contributed by atoms with Crippen molar-refractivity contribution < 1.29 is 8.78 Å². The van der Waals surface area contributed by atoms with Gasteiger partial charge >= 0.3 is 0 Å². The van der Waals surface area contributed by atoms with E-state index in [0.29, 0.717) is 11.4 Å².